The third kappa shape index (κ3) is 5.46. The van der Waals surface area contributed by atoms with Gasteiger partial charge in [-0.2, -0.15) is 0 Å². The summed E-state index contributed by atoms with van der Waals surface area (Å²) in [6.07, 6.45) is 2.85. The number of fused-ring (bicyclic) bond motifs is 1. The number of hydrogen-bond donors (Lipinski definition) is 2. The molecule has 8 heteroatoms. The van der Waals surface area contributed by atoms with E-state index in [-0.39, 0.29) is 17.5 Å². The molecule has 2 N–H and O–H groups in total. The average Bonchev–Trinajstić information content (AvgIpc) is 2.89. The van der Waals surface area contributed by atoms with Gasteiger partial charge in [-0.15, -0.1) is 0 Å². The van der Waals surface area contributed by atoms with Crippen molar-refractivity contribution < 1.29 is 19.8 Å². The van der Waals surface area contributed by atoms with E-state index in [2.05, 4.69) is 46.8 Å². The molecular formula is C31H36N4O4. The molecule has 0 amide bonds. The SMILES string of the molecule is Cc1nc(C)c(-c2ccc3c(c2)CCN(c2cccc(C(=O)O)n2)C3)c(N2CCC(C)(C)CC2)c1CC(=O)O. The van der Waals surface area contributed by atoms with Crippen LogP contribution in [0.1, 0.15) is 65.3 Å². The van der Waals surface area contributed by atoms with Crippen molar-refractivity contribution in [3.8, 4) is 11.1 Å². The summed E-state index contributed by atoms with van der Waals surface area (Å²) in [5.41, 5.74) is 8.33. The van der Waals surface area contributed by atoms with Crippen molar-refractivity contribution in [2.24, 2.45) is 5.41 Å². The lowest BCUT2D eigenvalue weighted by Gasteiger charge is -2.40. The number of aliphatic carboxylic acids is 1. The first-order chi connectivity index (χ1) is 18.5. The number of carbonyl (C=O) groups is 2. The lowest BCUT2D eigenvalue weighted by Crippen LogP contribution is -2.38. The molecule has 1 aromatic carbocycles. The number of carboxylic acid groups (broad SMARTS) is 2. The van der Waals surface area contributed by atoms with Crippen LogP contribution < -0.4 is 9.80 Å². The van der Waals surface area contributed by atoms with Crippen LogP contribution in [0, 0.1) is 19.3 Å². The number of nitrogens with zero attached hydrogens (tertiary/aromatic N) is 4. The van der Waals surface area contributed by atoms with Gasteiger partial charge in [0.2, 0.25) is 0 Å². The van der Waals surface area contributed by atoms with Crippen molar-refractivity contribution in [3.63, 3.8) is 0 Å². The highest BCUT2D eigenvalue weighted by Gasteiger charge is 2.30. The van der Waals surface area contributed by atoms with Gasteiger partial charge in [-0.05, 0) is 67.3 Å². The summed E-state index contributed by atoms with van der Waals surface area (Å²) >= 11 is 0. The van der Waals surface area contributed by atoms with Gasteiger partial charge < -0.3 is 20.0 Å². The zero-order chi connectivity index (χ0) is 27.9. The second kappa shape index (κ2) is 10.3. The number of carboxylic acids is 2. The van der Waals surface area contributed by atoms with E-state index in [1.807, 2.05) is 19.9 Å². The quantitative estimate of drug-likeness (QED) is 0.445. The second-order valence-electron chi connectivity index (χ2n) is 11.5. The fraction of sp³-hybridized carbons (Fsp3) is 0.419. The van der Waals surface area contributed by atoms with Gasteiger partial charge in [-0.25, -0.2) is 9.78 Å². The van der Waals surface area contributed by atoms with Crippen LogP contribution in [0.15, 0.2) is 36.4 Å². The van der Waals surface area contributed by atoms with Crippen LogP contribution in [-0.2, 0) is 24.2 Å². The molecule has 0 spiro atoms. The number of aromatic nitrogens is 2. The van der Waals surface area contributed by atoms with Gasteiger partial charge in [0.15, 0.2) is 5.69 Å². The molecule has 2 aromatic heterocycles. The minimum absolute atomic E-state index is 0.0433. The minimum atomic E-state index is -1.03. The fourth-order valence-corrected chi connectivity index (χ4v) is 5.88. The maximum Gasteiger partial charge on any atom is 0.354 e. The van der Waals surface area contributed by atoms with Crippen molar-refractivity contribution in [1.82, 2.24) is 9.97 Å². The second-order valence-corrected chi connectivity index (χ2v) is 11.5. The van der Waals surface area contributed by atoms with Gasteiger partial charge in [0.05, 0.1) is 12.1 Å². The van der Waals surface area contributed by atoms with Crippen LogP contribution >= 0.6 is 0 Å². The molecule has 8 nitrogen and oxygen atoms in total. The zero-order valence-corrected chi connectivity index (χ0v) is 23.1. The summed E-state index contributed by atoms with van der Waals surface area (Å²) in [6.45, 7) is 11.7. The Labute approximate surface area is 229 Å². The van der Waals surface area contributed by atoms with Crippen molar-refractivity contribution >= 4 is 23.4 Å². The highest BCUT2D eigenvalue weighted by atomic mass is 16.4. The van der Waals surface area contributed by atoms with Gasteiger partial charge >= 0.3 is 11.9 Å². The normalized spacial score (nSPS) is 16.6. The summed E-state index contributed by atoms with van der Waals surface area (Å²) in [4.78, 5) is 36.9. The molecule has 1 fully saturated rings. The van der Waals surface area contributed by atoms with Crippen molar-refractivity contribution in [2.45, 2.75) is 59.9 Å². The van der Waals surface area contributed by atoms with Gasteiger partial charge in [-0.1, -0.05) is 38.1 Å². The Morgan fingerprint density at radius 1 is 0.923 bits per heavy atom. The Kier molecular flexibility index (Phi) is 7.05. The predicted molar refractivity (Wildman–Crippen MR) is 152 cm³/mol. The number of aryl methyl sites for hydroxylation is 2. The van der Waals surface area contributed by atoms with Crippen LogP contribution in [0.3, 0.4) is 0 Å². The first kappa shape index (κ1) is 26.7. The van der Waals surface area contributed by atoms with Crippen LogP contribution in [0.5, 0.6) is 0 Å². The van der Waals surface area contributed by atoms with Crippen LogP contribution in [0.4, 0.5) is 11.5 Å². The Morgan fingerprint density at radius 2 is 1.67 bits per heavy atom. The Balaban J connectivity index is 1.53. The highest BCUT2D eigenvalue weighted by molar-refractivity contribution is 5.87. The lowest BCUT2D eigenvalue weighted by atomic mass is 9.82. The zero-order valence-electron chi connectivity index (χ0n) is 23.1. The lowest BCUT2D eigenvalue weighted by molar-refractivity contribution is -0.136. The van der Waals surface area contributed by atoms with Crippen LogP contribution in [-0.4, -0.2) is 51.8 Å². The van der Waals surface area contributed by atoms with E-state index in [4.69, 9.17) is 4.98 Å². The Morgan fingerprint density at radius 3 is 2.36 bits per heavy atom. The fourth-order valence-electron chi connectivity index (χ4n) is 5.88. The van der Waals surface area contributed by atoms with E-state index in [9.17, 15) is 19.8 Å². The molecule has 1 saturated heterocycles. The third-order valence-electron chi connectivity index (χ3n) is 8.20. The number of benzene rings is 1. The number of anilines is 2. The van der Waals surface area contributed by atoms with Gasteiger partial charge in [0.1, 0.15) is 5.82 Å². The Bertz CT molecular complexity index is 1440. The molecule has 2 aliphatic heterocycles. The summed E-state index contributed by atoms with van der Waals surface area (Å²) in [5.74, 6) is -1.22. The summed E-state index contributed by atoms with van der Waals surface area (Å²) < 4.78 is 0. The average molecular weight is 529 g/mol. The molecule has 204 valence electrons. The summed E-state index contributed by atoms with van der Waals surface area (Å²) in [5, 5.41) is 19.1. The maximum atomic E-state index is 11.9. The smallest absolute Gasteiger partial charge is 0.354 e. The molecule has 39 heavy (non-hydrogen) atoms. The number of piperidine rings is 1. The van der Waals surface area contributed by atoms with E-state index in [1.54, 1.807) is 6.07 Å². The number of hydrogen-bond acceptors (Lipinski definition) is 6. The highest BCUT2D eigenvalue weighted by Crippen LogP contribution is 2.42. The molecule has 2 aliphatic rings. The topological polar surface area (TPSA) is 107 Å². The van der Waals surface area contributed by atoms with E-state index in [0.717, 1.165) is 72.7 Å². The van der Waals surface area contributed by atoms with Gasteiger partial charge in [0.25, 0.3) is 0 Å². The molecule has 0 saturated carbocycles. The summed E-state index contributed by atoms with van der Waals surface area (Å²) in [7, 11) is 0. The van der Waals surface area contributed by atoms with E-state index in [0.29, 0.717) is 12.4 Å². The number of pyridine rings is 2. The third-order valence-corrected chi connectivity index (χ3v) is 8.20. The minimum Gasteiger partial charge on any atom is -0.481 e. The van der Waals surface area contributed by atoms with E-state index >= 15 is 0 Å². The molecule has 3 aromatic rings. The van der Waals surface area contributed by atoms with Crippen molar-refractivity contribution in [1.29, 1.82) is 0 Å². The number of aromatic carboxylic acids is 1. The largest absolute Gasteiger partial charge is 0.481 e. The molecular weight excluding hydrogens is 492 g/mol. The molecule has 0 unspecified atom stereocenters. The maximum absolute atomic E-state index is 11.9. The molecule has 5 rings (SSSR count). The first-order valence-corrected chi connectivity index (χ1v) is 13.6. The molecule has 0 aliphatic carbocycles. The predicted octanol–water partition coefficient (Wildman–Crippen LogP) is 5.27. The molecule has 0 radical (unpaired) electrons. The molecule has 0 bridgehead atoms. The number of rotatable bonds is 6. The molecule has 4 heterocycles. The summed E-state index contributed by atoms with van der Waals surface area (Å²) in [6, 6.07) is 11.6. The van der Waals surface area contributed by atoms with E-state index in [1.165, 1.54) is 17.2 Å². The molecule has 0 atom stereocenters. The van der Waals surface area contributed by atoms with Gasteiger partial charge in [-0.3, -0.25) is 9.78 Å². The Hall–Kier alpha value is -3.94. The van der Waals surface area contributed by atoms with E-state index < -0.39 is 11.9 Å². The first-order valence-electron chi connectivity index (χ1n) is 13.6. The van der Waals surface area contributed by atoms with Gasteiger partial charge in [0, 0.05) is 48.7 Å². The van der Waals surface area contributed by atoms with Crippen LogP contribution in [0.25, 0.3) is 11.1 Å². The monoisotopic (exact) mass is 528 g/mol. The van der Waals surface area contributed by atoms with Crippen molar-refractivity contribution in [3.05, 3.63) is 70.2 Å². The standard InChI is InChI=1S/C31H36N4O4/c1-19-24(17-27(36)37)29(34-14-11-31(3,4)12-15-34)28(20(2)32-19)22-8-9-23-18-35(13-10-21(23)16-22)26-7-5-6-25(33-26)30(38)39/h5-9,16H,10-15,17-18H2,1-4H3,(H,36,37)(H,38,39). The van der Waals surface area contributed by atoms with Crippen LogP contribution in [0.2, 0.25) is 0 Å². The van der Waals surface area contributed by atoms with Crippen molar-refractivity contribution in [2.75, 3.05) is 29.4 Å².